The minimum Gasteiger partial charge on any atom is -0.337 e. The monoisotopic (exact) mass is 424 g/mol. The molecule has 0 unspecified atom stereocenters. The fraction of sp³-hybridized carbons (Fsp3) is 0.154. The molecule has 0 bridgehead atoms. The highest BCUT2D eigenvalue weighted by atomic mass is 32.1. The number of likely N-dealkylation sites (N-methyl/N-ethyl adjacent to an activating group) is 1. The standard InChI is InChI=1S/C26H24N4S/c1-30(17-15-21-6-4-5-16-27-21)18-19-9-11-20(12-10-19)24-13-14-25(31-24)26-28-22-7-2-3-8-23(22)29-26/h2-14,16H,15,17-18H2,1H3,(H,28,29). The summed E-state index contributed by atoms with van der Waals surface area (Å²) in [4.78, 5) is 17.3. The van der Waals surface area contributed by atoms with Crippen LogP contribution < -0.4 is 0 Å². The topological polar surface area (TPSA) is 44.8 Å². The van der Waals surface area contributed by atoms with Crippen molar-refractivity contribution in [2.45, 2.75) is 13.0 Å². The second-order valence-corrected chi connectivity index (χ2v) is 8.86. The van der Waals surface area contributed by atoms with Crippen molar-refractivity contribution in [1.29, 1.82) is 0 Å². The van der Waals surface area contributed by atoms with Crippen LogP contribution in [0.5, 0.6) is 0 Å². The number of fused-ring (bicyclic) bond motifs is 1. The van der Waals surface area contributed by atoms with Crippen LogP contribution in [0.1, 0.15) is 11.3 Å². The maximum atomic E-state index is 4.72. The molecule has 0 aliphatic rings. The highest BCUT2D eigenvalue weighted by molar-refractivity contribution is 7.18. The van der Waals surface area contributed by atoms with Crippen molar-refractivity contribution in [3.8, 4) is 21.1 Å². The molecule has 3 heterocycles. The summed E-state index contributed by atoms with van der Waals surface area (Å²) in [5.74, 6) is 0.934. The molecular weight excluding hydrogens is 400 g/mol. The molecule has 0 saturated heterocycles. The third-order valence-electron chi connectivity index (χ3n) is 5.40. The summed E-state index contributed by atoms with van der Waals surface area (Å²) in [6.07, 6.45) is 2.83. The third-order valence-corrected chi connectivity index (χ3v) is 6.54. The Hall–Kier alpha value is -3.28. The number of nitrogens with zero attached hydrogens (tertiary/aromatic N) is 3. The predicted octanol–water partition coefficient (Wildman–Crippen LogP) is 6.03. The van der Waals surface area contributed by atoms with Crippen molar-refractivity contribution >= 4 is 22.4 Å². The number of para-hydroxylation sites is 2. The lowest BCUT2D eigenvalue weighted by Gasteiger charge is -2.16. The highest BCUT2D eigenvalue weighted by Crippen LogP contribution is 2.34. The molecular formula is C26H24N4S. The summed E-state index contributed by atoms with van der Waals surface area (Å²) in [5.41, 5.74) is 5.78. The Morgan fingerprint density at radius 1 is 0.871 bits per heavy atom. The van der Waals surface area contributed by atoms with E-state index < -0.39 is 0 Å². The van der Waals surface area contributed by atoms with Gasteiger partial charge in [-0.2, -0.15) is 0 Å². The fourth-order valence-electron chi connectivity index (χ4n) is 3.71. The minimum absolute atomic E-state index is 0.932. The van der Waals surface area contributed by atoms with Gasteiger partial charge in [-0.3, -0.25) is 4.98 Å². The van der Waals surface area contributed by atoms with E-state index in [1.807, 2.05) is 36.5 Å². The molecule has 1 N–H and O–H groups in total. The molecule has 0 spiro atoms. The van der Waals surface area contributed by atoms with Crippen LogP contribution in [0.15, 0.2) is 85.1 Å². The summed E-state index contributed by atoms with van der Waals surface area (Å²) in [6.45, 7) is 1.92. The van der Waals surface area contributed by atoms with Crippen LogP contribution in [0.25, 0.3) is 32.2 Å². The predicted molar refractivity (Wildman–Crippen MR) is 129 cm³/mol. The van der Waals surface area contributed by atoms with Crippen molar-refractivity contribution in [3.63, 3.8) is 0 Å². The number of benzene rings is 2. The molecule has 5 rings (SSSR count). The number of rotatable bonds is 7. The quantitative estimate of drug-likeness (QED) is 0.347. The first-order valence-electron chi connectivity index (χ1n) is 10.5. The van der Waals surface area contributed by atoms with Crippen molar-refractivity contribution in [2.75, 3.05) is 13.6 Å². The summed E-state index contributed by atoms with van der Waals surface area (Å²) in [7, 11) is 2.16. The van der Waals surface area contributed by atoms with Gasteiger partial charge < -0.3 is 9.88 Å². The van der Waals surface area contributed by atoms with E-state index in [0.29, 0.717) is 0 Å². The SMILES string of the molecule is CN(CCc1ccccn1)Cc1ccc(-c2ccc(-c3nc4ccccc4[nH]3)s2)cc1. The van der Waals surface area contributed by atoms with Gasteiger partial charge in [0.1, 0.15) is 5.82 Å². The van der Waals surface area contributed by atoms with Gasteiger partial charge in [0.15, 0.2) is 0 Å². The lowest BCUT2D eigenvalue weighted by Crippen LogP contribution is -2.21. The van der Waals surface area contributed by atoms with Crippen molar-refractivity contribution in [2.24, 2.45) is 0 Å². The Bertz CT molecular complexity index is 1240. The van der Waals surface area contributed by atoms with E-state index in [1.54, 1.807) is 11.3 Å². The molecule has 31 heavy (non-hydrogen) atoms. The number of imidazole rings is 1. The zero-order valence-corrected chi connectivity index (χ0v) is 18.3. The number of H-pyrrole nitrogens is 1. The Morgan fingerprint density at radius 3 is 2.48 bits per heavy atom. The Labute approximate surface area is 186 Å². The minimum atomic E-state index is 0.932. The van der Waals surface area contributed by atoms with Gasteiger partial charge in [-0.25, -0.2) is 4.98 Å². The Kier molecular flexibility index (Phi) is 5.61. The van der Waals surface area contributed by atoms with Crippen molar-refractivity contribution in [1.82, 2.24) is 19.9 Å². The molecule has 0 radical (unpaired) electrons. The number of aromatic nitrogens is 3. The van der Waals surface area contributed by atoms with Gasteiger partial charge in [-0.05, 0) is 54.6 Å². The van der Waals surface area contributed by atoms with Crippen LogP contribution in [0, 0.1) is 0 Å². The van der Waals surface area contributed by atoms with E-state index in [2.05, 4.69) is 70.4 Å². The summed E-state index contributed by atoms with van der Waals surface area (Å²) < 4.78 is 0. The number of aromatic amines is 1. The lowest BCUT2D eigenvalue weighted by molar-refractivity contribution is 0.330. The lowest BCUT2D eigenvalue weighted by atomic mass is 10.1. The van der Waals surface area contributed by atoms with Crippen molar-refractivity contribution < 1.29 is 0 Å². The number of hydrogen-bond donors (Lipinski definition) is 1. The van der Waals surface area contributed by atoms with Crippen LogP contribution in [0.4, 0.5) is 0 Å². The van der Waals surface area contributed by atoms with Gasteiger partial charge in [0.2, 0.25) is 0 Å². The van der Waals surface area contributed by atoms with E-state index in [4.69, 9.17) is 4.98 Å². The first kappa shape index (κ1) is 19.7. The largest absolute Gasteiger partial charge is 0.337 e. The van der Waals surface area contributed by atoms with E-state index >= 15 is 0 Å². The van der Waals surface area contributed by atoms with Crippen molar-refractivity contribution in [3.05, 3.63) is 96.3 Å². The fourth-order valence-corrected chi connectivity index (χ4v) is 4.66. The summed E-state index contributed by atoms with van der Waals surface area (Å²) in [6, 6.07) is 27.5. The molecule has 5 heteroatoms. The van der Waals surface area contributed by atoms with Gasteiger partial charge in [-0.1, -0.05) is 42.5 Å². The third kappa shape index (κ3) is 4.58. The van der Waals surface area contributed by atoms with E-state index in [1.165, 1.54) is 16.0 Å². The molecule has 5 aromatic rings. The summed E-state index contributed by atoms with van der Waals surface area (Å²) >= 11 is 1.77. The zero-order chi connectivity index (χ0) is 21.0. The average Bonchev–Trinajstić information content (AvgIpc) is 3.46. The van der Waals surface area contributed by atoms with Crippen LogP contribution in [-0.4, -0.2) is 33.4 Å². The van der Waals surface area contributed by atoms with Gasteiger partial charge in [0.05, 0.1) is 15.9 Å². The number of thiophene rings is 1. The molecule has 0 fully saturated rings. The van der Waals surface area contributed by atoms with Gasteiger partial charge in [0.25, 0.3) is 0 Å². The van der Waals surface area contributed by atoms with Crippen LogP contribution in [-0.2, 0) is 13.0 Å². The zero-order valence-electron chi connectivity index (χ0n) is 17.5. The highest BCUT2D eigenvalue weighted by Gasteiger charge is 2.10. The maximum absolute atomic E-state index is 4.72. The molecule has 0 aliphatic heterocycles. The second-order valence-electron chi connectivity index (χ2n) is 7.77. The maximum Gasteiger partial charge on any atom is 0.148 e. The molecule has 0 atom stereocenters. The van der Waals surface area contributed by atoms with E-state index in [-0.39, 0.29) is 0 Å². The molecule has 0 amide bonds. The van der Waals surface area contributed by atoms with Gasteiger partial charge in [0, 0.05) is 36.3 Å². The number of hydrogen-bond acceptors (Lipinski definition) is 4. The number of nitrogens with one attached hydrogen (secondary N) is 1. The number of pyridine rings is 1. The first-order valence-corrected chi connectivity index (χ1v) is 11.3. The average molecular weight is 425 g/mol. The van der Waals surface area contributed by atoms with Gasteiger partial charge >= 0.3 is 0 Å². The van der Waals surface area contributed by atoms with E-state index in [9.17, 15) is 0 Å². The Morgan fingerprint density at radius 2 is 1.68 bits per heavy atom. The van der Waals surface area contributed by atoms with E-state index in [0.717, 1.165) is 46.9 Å². The molecule has 2 aromatic carbocycles. The normalized spacial score (nSPS) is 11.4. The van der Waals surface area contributed by atoms with Gasteiger partial charge in [-0.15, -0.1) is 11.3 Å². The van der Waals surface area contributed by atoms with Crippen LogP contribution in [0.2, 0.25) is 0 Å². The first-order chi connectivity index (χ1) is 15.2. The molecule has 154 valence electrons. The molecule has 0 aliphatic carbocycles. The molecule has 4 nitrogen and oxygen atoms in total. The molecule has 0 saturated carbocycles. The van der Waals surface area contributed by atoms with Crippen LogP contribution in [0.3, 0.4) is 0 Å². The molecule has 3 aromatic heterocycles. The summed E-state index contributed by atoms with van der Waals surface area (Å²) in [5, 5.41) is 0. The smallest absolute Gasteiger partial charge is 0.148 e. The second kappa shape index (κ2) is 8.84. The van der Waals surface area contributed by atoms with Crippen LogP contribution >= 0.6 is 11.3 Å². The Balaban J connectivity index is 1.24.